The lowest BCUT2D eigenvalue weighted by atomic mass is 9.89. The lowest BCUT2D eigenvalue weighted by Gasteiger charge is -2.30. The Morgan fingerprint density at radius 2 is 1.46 bits per heavy atom. The van der Waals surface area contributed by atoms with Crippen molar-refractivity contribution < 1.29 is 27.0 Å². The van der Waals surface area contributed by atoms with Crippen LogP contribution in [-0.2, 0) is 28.0 Å². The fourth-order valence-corrected chi connectivity index (χ4v) is 3.36. The zero-order valence-corrected chi connectivity index (χ0v) is 16.9. The maximum absolute atomic E-state index is 10.8. The molecule has 2 fully saturated rings. The van der Waals surface area contributed by atoms with Crippen LogP contribution in [0, 0.1) is 0 Å². The standard InChI is InChI=1S/C19H31N3O3.ClH/c1-19(2,3)18-17(23)15(13-21-4-8-24-9-5-21)12-16(20-18)14-22-6-10-25-11-7-22;/h12,23H,4-11,13-14H2,1-3H3;1H/p-1. The Morgan fingerprint density at radius 3 is 1.96 bits per heavy atom. The second kappa shape index (κ2) is 9.33. The molecule has 2 aliphatic rings. The fourth-order valence-electron chi connectivity index (χ4n) is 3.36. The summed E-state index contributed by atoms with van der Waals surface area (Å²) in [5, 5.41) is 10.8. The van der Waals surface area contributed by atoms with Gasteiger partial charge in [0, 0.05) is 50.2 Å². The van der Waals surface area contributed by atoms with Crippen LogP contribution in [-0.4, -0.2) is 72.5 Å². The van der Waals surface area contributed by atoms with Gasteiger partial charge in [-0.05, 0) is 6.07 Å². The van der Waals surface area contributed by atoms with Gasteiger partial charge in [-0.3, -0.25) is 14.8 Å². The summed E-state index contributed by atoms with van der Waals surface area (Å²) in [4.78, 5) is 9.52. The second-order valence-corrected chi connectivity index (χ2v) is 8.00. The Hall–Kier alpha value is -0.920. The van der Waals surface area contributed by atoms with E-state index in [1.165, 1.54) is 0 Å². The summed E-state index contributed by atoms with van der Waals surface area (Å²) < 4.78 is 10.9. The van der Waals surface area contributed by atoms with E-state index in [4.69, 9.17) is 14.5 Å². The summed E-state index contributed by atoms with van der Waals surface area (Å²) in [6.07, 6.45) is 0. The molecule has 6 nitrogen and oxygen atoms in total. The molecule has 0 spiro atoms. The first-order chi connectivity index (χ1) is 11.9. The molecule has 1 aromatic heterocycles. The summed E-state index contributed by atoms with van der Waals surface area (Å²) in [6.45, 7) is 14.6. The summed E-state index contributed by atoms with van der Waals surface area (Å²) in [5.74, 6) is 0.352. The minimum atomic E-state index is -0.190. The van der Waals surface area contributed by atoms with Gasteiger partial charge in [0.25, 0.3) is 0 Å². The molecular formula is C19H31ClN3O3-. The molecule has 3 heterocycles. The lowest BCUT2D eigenvalue weighted by Crippen LogP contribution is -3.00. The Morgan fingerprint density at radius 1 is 0.962 bits per heavy atom. The molecule has 0 bridgehead atoms. The molecule has 0 saturated carbocycles. The van der Waals surface area contributed by atoms with Gasteiger partial charge < -0.3 is 27.0 Å². The third-order valence-electron chi connectivity index (χ3n) is 4.82. The van der Waals surface area contributed by atoms with E-state index in [9.17, 15) is 5.11 Å². The average Bonchev–Trinajstić information content (AvgIpc) is 2.58. The van der Waals surface area contributed by atoms with Crippen molar-refractivity contribution in [3.8, 4) is 5.75 Å². The van der Waals surface area contributed by atoms with Crippen LogP contribution in [0.1, 0.15) is 37.7 Å². The van der Waals surface area contributed by atoms with Gasteiger partial charge in [-0.25, -0.2) is 0 Å². The van der Waals surface area contributed by atoms with Crippen molar-refractivity contribution in [2.75, 3.05) is 52.6 Å². The highest BCUT2D eigenvalue weighted by Gasteiger charge is 2.25. The summed E-state index contributed by atoms with van der Waals surface area (Å²) >= 11 is 0. The van der Waals surface area contributed by atoms with Gasteiger partial charge in [0.1, 0.15) is 5.75 Å². The van der Waals surface area contributed by atoms with Crippen LogP contribution in [0.4, 0.5) is 0 Å². The van der Waals surface area contributed by atoms with Crippen molar-refractivity contribution in [3.63, 3.8) is 0 Å². The third kappa shape index (κ3) is 5.54. The van der Waals surface area contributed by atoms with Crippen LogP contribution >= 0.6 is 0 Å². The Bertz CT molecular complexity index is 580. The smallest absolute Gasteiger partial charge is 0.142 e. The lowest BCUT2D eigenvalue weighted by molar-refractivity contribution is -0.0000107. The van der Waals surface area contributed by atoms with Crippen LogP contribution in [0.25, 0.3) is 0 Å². The molecule has 2 aliphatic heterocycles. The molecule has 1 N–H and O–H groups in total. The van der Waals surface area contributed by atoms with Gasteiger partial charge in [0.05, 0.1) is 37.8 Å². The quantitative estimate of drug-likeness (QED) is 0.700. The van der Waals surface area contributed by atoms with E-state index in [-0.39, 0.29) is 17.8 Å². The van der Waals surface area contributed by atoms with Crippen LogP contribution in [0.3, 0.4) is 0 Å². The van der Waals surface area contributed by atoms with Crippen molar-refractivity contribution in [3.05, 3.63) is 23.0 Å². The number of rotatable bonds is 4. The molecule has 0 amide bonds. The van der Waals surface area contributed by atoms with Gasteiger partial charge in [0.15, 0.2) is 0 Å². The first-order valence-electron chi connectivity index (χ1n) is 9.26. The maximum atomic E-state index is 10.8. The van der Waals surface area contributed by atoms with Crippen molar-refractivity contribution in [1.29, 1.82) is 0 Å². The molecule has 0 aliphatic carbocycles. The zero-order chi connectivity index (χ0) is 17.9. The summed E-state index contributed by atoms with van der Waals surface area (Å²) in [5.41, 5.74) is 2.62. The Balaban J connectivity index is 0.00000243. The van der Waals surface area contributed by atoms with E-state index in [0.29, 0.717) is 5.75 Å². The Labute approximate surface area is 162 Å². The third-order valence-corrected chi connectivity index (χ3v) is 4.82. The Kier molecular flexibility index (Phi) is 7.67. The monoisotopic (exact) mass is 384 g/mol. The van der Waals surface area contributed by atoms with E-state index >= 15 is 0 Å². The van der Waals surface area contributed by atoms with Crippen LogP contribution in [0.2, 0.25) is 0 Å². The van der Waals surface area contributed by atoms with Crippen molar-refractivity contribution >= 4 is 0 Å². The molecule has 0 radical (unpaired) electrons. The van der Waals surface area contributed by atoms with Gasteiger partial charge >= 0.3 is 0 Å². The van der Waals surface area contributed by atoms with Gasteiger partial charge in [-0.15, -0.1) is 0 Å². The number of morpholine rings is 2. The summed E-state index contributed by atoms with van der Waals surface area (Å²) in [6, 6.07) is 2.08. The molecule has 0 aromatic carbocycles. The largest absolute Gasteiger partial charge is 1.00 e. The van der Waals surface area contributed by atoms with Crippen LogP contribution < -0.4 is 12.4 Å². The predicted octanol–water partition coefficient (Wildman–Crippen LogP) is -1.25. The van der Waals surface area contributed by atoms with E-state index < -0.39 is 0 Å². The van der Waals surface area contributed by atoms with E-state index in [1.807, 2.05) is 0 Å². The molecule has 26 heavy (non-hydrogen) atoms. The number of aromatic nitrogens is 1. The van der Waals surface area contributed by atoms with Crippen molar-refractivity contribution in [2.24, 2.45) is 0 Å². The van der Waals surface area contributed by atoms with E-state index in [0.717, 1.165) is 82.6 Å². The summed E-state index contributed by atoms with van der Waals surface area (Å²) in [7, 11) is 0. The first-order valence-corrected chi connectivity index (χ1v) is 9.26. The molecular weight excluding hydrogens is 354 g/mol. The SMILES string of the molecule is CC(C)(C)c1nc(CN2CCOCC2)cc(CN2CCOCC2)c1O.[Cl-]. The molecule has 0 unspecified atom stereocenters. The number of aromatic hydroxyl groups is 1. The van der Waals surface area contributed by atoms with Crippen LogP contribution in [0.15, 0.2) is 6.07 Å². The van der Waals surface area contributed by atoms with Crippen LogP contribution in [0.5, 0.6) is 5.75 Å². The molecule has 1 aromatic rings. The molecule has 148 valence electrons. The highest BCUT2D eigenvalue weighted by atomic mass is 35.5. The molecule has 7 heteroatoms. The molecule has 0 atom stereocenters. The number of hydrogen-bond acceptors (Lipinski definition) is 6. The highest BCUT2D eigenvalue weighted by molar-refractivity contribution is 5.41. The first kappa shape index (κ1) is 21.4. The van der Waals surface area contributed by atoms with E-state index in [2.05, 4.69) is 36.6 Å². The number of halogens is 1. The second-order valence-electron chi connectivity index (χ2n) is 8.00. The zero-order valence-electron chi connectivity index (χ0n) is 16.1. The molecule has 3 rings (SSSR count). The average molecular weight is 385 g/mol. The van der Waals surface area contributed by atoms with Gasteiger partial charge in [0.2, 0.25) is 0 Å². The topological polar surface area (TPSA) is 58.1 Å². The number of pyridine rings is 1. The van der Waals surface area contributed by atoms with Crippen molar-refractivity contribution in [1.82, 2.24) is 14.8 Å². The minimum Gasteiger partial charge on any atom is -1.00 e. The van der Waals surface area contributed by atoms with Gasteiger partial charge in [-0.1, -0.05) is 20.8 Å². The maximum Gasteiger partial charge on any atom is 0.142 e. The minimum absolute atomic E-state index is 0. The number of ether oxygens (including phenoxy) is 2. The highest BCUT2D eigenvalue weighted by Crippen LogP contribution is 2.33. The molecule has 2 saturated heterocycles. The predicted molar refractivity (Wildman–Crippen MR) is 96.8 cm³/mol. The van der Waals surface area contributed by atoms with Crippen molar-refractivity contribution in [2.45, 2.75) is 39.3 Å². The van der Waals surface area contributed by atoms with E-state index in [1.54, 1.807) is 0 Å². The normalized spacial score (nSPS) is 20.0. The number of nitrogens with zero attached hydrogens (tertiary/aromatic N) is 3. The number of hydrogen-bond donors (Lipinski definition) is 1. The fraction of sp³-hybridized carbons (Fsp3) is 0.737. The van der Waals surface area contributed by atoms with Gasteiger partial charge in [-0.2, -0.15) is 0 Å².